The van der Waals surface area contributed by atoms with Gasteiger partial charge in [-0.3, -0.25) is 4.90 Å². The number of phenolic OH excluding ortho intramolecular Hbond substituents is 2. The van der Waals surface area contributed by atoms with E-state index in [4.69, 9.17) is 0 Å². The van der Waals surface area contributed by atoms with E-state index in [0.29, 0.717) is 12.0 Å². The van der Waals surface area contributed by atoms with Gasteiger partial charge in [-0.25, -0.2) is 0 Å². The molecule has 2 aromatic rings. The molecule has 0 unspecified atom stereocenters. The maximum absolute atomic E-state index is 10.2. The molecular weight excluding hydrogens is 286 g/mol. The van der Waals surface area contributed by atoms with Crippen molar-refractivity contribution in [2.24, 2.45) is 0 Å². The molecule has 0 bridgehead atoms. The third-order valence-electron chi connectivity index (χ3n) is 5.51. The molecule has 1 saturated heterocycles. The minimum absolute atomic E-state index is 0.0131. The zero-order valence-electron chi connectivity index (χ0n) is 13.3. The van der Waals surface area contributed by atoms with Crippen LogP contribution in [0.15, 0.2) is 42.5 Å². The van der Waals surface area contributed by atoms with Gasteiger partial charge in [-0.2, -0.15) is 0 Å². The molecule has 4 rings (SSSR count). The van der Waals surface area contributed by atoms with Crippen molar-refractivity contribution in [3.63, 3.8) is 0 Å². The average Bonchev–Trinajstić information content (AvgIpc) is 2.59. The highest BCUT2D eigenvalue weighted by Gasteiger charge is 2.37. The predicted molar refractivity (Wildman–Crippen MR) is 90.7 cm³/mol. The third-order valence-corrected chi connectivity index (χ3v) is 5.51. The highest BCUT2D eigenvalue weighted by molar-refractivity contribution is 5.51. The van der Waals surface area contributed by atoms with Crippen LogP contribution in [0.5, 0.6) is 11.5 Å². The predicted octanol–water partition coefficient (Wildman–Crippen LogP) is 3.79. The summed E-state index contributed by atoms with van der Waals surface area (Å²) >= 11 is 0. The molecule has 3 heteroatoms. The number of likely N-dealkylation sites (tertiary alicyclic amines) is 1. The van der Waals surface area contributed by atoms with Gasteiger partial charge in [-0.1, -0.05) is 36.4 Å². The summed E-state index contributed by atoms with van der Waals surface area (Å²) in [5.41, 5.74) is 3.58. The lowest BCUT2D eigenvalue weighted by Crippen LogP contribution is -2.45. The number of rotatable bonds is 2. The Kier molecular flexibility index (Phi) is 3.74. The topological polar surface area (TPSA) is 43.7 Å². The van der Waals surface area contributed by atoms with Crippen LogP contribution in [0.25, 0.3) is 0 Å². The van der Waals surface area contributed by atoms with E-state index in [0.717, 1.165) is 31.5 Å². The molecular formula is C20H23NO2. The summed E-state index contributed by atoms with van der Waals surface area (Å²) < 4.78 is 0. The quantitative estimate of drug-likeness (QED) is 0.830. The molecule has 1 heterocycles. The SMILES string of the molecule is Oc1ccc2c(c1O)CC[C@H]1[C@H]2CCCN1Cc1ccccc1. The van der Waals surface area contributed by atoms with Crippen LogP contribution in [-0.4, -0.2) is 27.7 Å². The van der Waals surface area contributed by atoms with Crippen molar-refractivity contribution >= 4 is 0 Å². The Morgan fingerprint density at radius 2 is 1.83 bits per heavy atom. The fourth-order valence-electron chi connectivity index (χ4n) is 4.43. The lowest BCUT2D eigenvalue weighted by molar-refractivity contribution is 0.104. The Bertz CT molecular complexity index is 698. The van der Waals surface area contributed by atoms with E-state index in [-0.39, 0.29) is 11.5 Å². The van der Waals surface area contributed by atoms with Gasteiger partial charge in [0.2, 0.25) is 0 Å². The summed E-state index contributed by atoms with van der Waals surface area (Å²) in [7, 11) is 0. The van der Waals surface area contributed by atoms with E-state index in [2.05, 4.69) is 35.2 Å². The average molecular weight is 309 g/mol. The maximum Gasteiger partial charge on any atom is 0.160 e. The Hall–Kier alpha value is -2.00. The highest BCUT2D eigenvalue weighted by Crippen LogP contribution is 2.45. The number of hydrogen-bond donors (Lipinski definition) is 2. The normalized spacial score (nSPS) is 24.0. The van der Waals surface area contributed by atoms with Crippen LogP contribution >= 0.6 is 0 Å². The molecule has 0 aromatic heterocycles. The van der Waals surface area contributed by atoms with Gasteiger partial charge >= 0.3 is 0 Å². The van der Waals surface area contributed by atoms with Crippen molar-refractivity contribution in [2.45, 2.75) is 44.2 Å². The molecule has 23 heavy (non-hydrogen) atoms. The summed E-state index contributed by atoms with van der Waals surface area (Å²) in [6.45, 7) is 2.15. The van der Waals surface area contributed by atoms with E-state index in [9.17, 15) is 10.2 Å². The highest BCUT2D eigenvalue weighted by atomic mass is 16.3. The Morgan fingerprint density at radius 3 is 2.65 bits per heavy atom. The number of hydrogen-bond acceptors (Lipinski definition) is 3. The van der Waals surface area contributed by atoms with E-state index >= 15 is 0 Å². The van der Waals surface area contributed by atoms with Crippen molar-refractivity contribution in [1.29, 1.82) is 0 Å². The maximum atomic E-state index is 10.2. The Balaban J connectivity index is 1.62. The second kappa shape index (κ2) is 5.89. The van der Waals surface area contributed by atoms with Crippen molar-refractivity contribution < 1.29 is 10.2 Å². The van der Waals surface area contributed by atoms with Crippen LogP contribution in [0, 0.1) is 0 Å². The first-order valence-corrected chi connectivity index (χ1v) is 8.55. The standard InChI is InChI=1S/C20H23NO2/c22-19-11-9-15-16-7-4-12-21(13-14-5-2-1-3-6-14)18(16)10-8-17(15)20(19)23/h1-3,5-6,9,11,16,18,22-23H,4,7-8,10,12-13H2/t16-,18-/m0/s1. The van der Waals surface area contributed by atoms with Gasteiger partial charge in [0, 0.05) is 18.2 Å². The summed E-state index contributed by atoms with van der Waals surface area (Å²) in [6, 6.07) is 14.9. The molecule has 1 aliphatic carbocycles. The fourth-order valence-corrected chi connectivity index (χ4v) is 4.43. The van der Waals surface area contributed by atoms with Crippen LogP contribution in [0.4, 0.5) is 0 Å². The zero-order chi connectivity index (χ0) is 15.8. The fraction of sp³-hybridized carbons (Fsp3) is 0.400. The number of phenols is 2. The minimum atomic E-state index is 0.0131. The van der Waals surface area contributed by atoms with Crippen LogP contribution < -0.4 is 0 Å². The first-order chi connectivity index (χ1) is 11.2. The van der Waals surface area contributed by atoms with E-state index < -0.39 is 0 Å². The van der Waals surface area contributed by atoms with Crippen LogP contribution in [0.1, 0.15) is 41.9 Å². The number of aromatic hydroxyl groups is 2. The molecule has 3 nitrogen and oxygen atoms in total. The van der Waals surface area contributed by atoms with Gasteiger partial charge in [0.25, 0.3) is 0 Å². The summed E-state index contributed by atoms with van der Waals surface area (Å²) in [5, 5.41) is 19.9. The van der Waals surface area contributed by atoms with Crippen molar-refractivity contribution in [1.82, 2.24) is 4.90 Å². The van der Waals surface area contributed by atoms with Gasteiger partial charge in [-0.05, 0) is 55.3 Å². The van der Waals surface area contributed by atoms with Crippen molar-refractivity contribution in [2.75, 3.05) is 6.54 Å². The van der Waals surface area contributed by atoms with Crippen LogP contribution in [-0.2, 0) is 13.0 Å². The summed E-state index contributed by atoms with van der Waals surface area (Å²) in [5.74, 6) is 0.586. The Labute approximate surface area is 137 Å². The number of benzene rings is 2. The second-order valence-corrected chi connectivity index (χ2v) is 6.81. The lowest BCUT2D eigenvalue weighted by Gasteiger charge is -2.45. The van der Waals surface area contributed by atoms with Gasteiger partial charge in [0.05, 0.1) is 0 Å². The number of nitrogens with zero attached hydrogens (tertiary/aromatic N) is 1. The van der Waals surface area contributed by atoms with E-state index in [1.54, 1.807) is 6.07 Å². The van der Waals surface area contributed by atoms with E-state index in [1.165, 1.54) is 24.0 Å². The zero-order valence-corrected chi connectivity index (χ0v) is 13.3. The lowest BCUT2D eigenvalue weighted by atomic mass is 9.74. The smallest absolute Gasteiger partial charge is 0.160 e. The molecule has 1 aliphatic heterocycles. The summed E-state index contributed by atoms with van der Waals surface area (Å²) in [6.07, 6.45) is 4.27. The molecule has 2 N–H and O–H groups in total. The van der Waals surface area contributed by atoms with Crippen molar-refractivity contribution in [3.8, 4) is 11.5 Å². The molecule has 2 aromatic carbocycles. The number of fused-ring (bicyclic) bond motifs is 3. The largest absolute Gasteiger partial charge is 0.504 e. The molecule has 120 valence electrons. The van der Waals surface area contributed by atoms with Gasteiger partial charge < -0.3 is 10.2 Å². The molecule has 0 spiro atoms. The summed E-state index contributed by atoms with van der Waals surface area (Å²) in [4.78, 5) is 2.61. The van der Waals surface area contributed by atoms with Gasteiger partial charge in [0.15, 0.2) is 11.5 Å². The minimum Gasteiger partial charge on any atom is -0.504 e. The van der Waals surface area contributed by atoms with Crippen LogP contribution in [0.2, 0.25) is 0 Å². The van der Waals surface area contributed by atoms with Gasteiger partial charge in [-0.15, -0.1) is 0 Å². The molecule has 2 atom stereocenters. The Morgan fingerprint density at radius 1 is 1.00 bits per heavy atom. The third kappa shape index (κ3) is 2.59. The first kappa shape index (κ1) is 14.6. The first-order valence-electron chi connectivity index (χ1n) is 8.55. The van der Waals surface area contributed by atoms with E-state index in [1.807, 2.05) is 6.07 Å². The molecule has 2 aliphatic rings. The molecule has 1 fully saturated rings. The second-order valence-electron chi connectivity index (χ2n) is 6.81. The molecule has 0 saturated carbocycles. The van der Waals surface area contributed by atoms with Crippen LogP contribution in [0.3, 0.4) is 0 Å². The number of piperidine rings is 1. The molecule has 0 amide bonds. The monoisotopic (exact) mass is 309 g/mol. The van der Waals surface area contributed by atoms with Gasteiger partial charge in [0.1, 0.15) is 0 Å². The molecule has 0 radical (unpaired) electrons. The van der Waals surface area contributed by atoms with Crippen molar-refractivity contribution in [3.05, 3.63) is 59.2 Å².